The molecule has 0 unspecified atom stereocenters. The van der Waals surface area contributed by atoms with Gasteiger partial charge in [0.15, 0.2) is 0 Å². The molecule has 0 saturated carbocycles. The first-order chi connectivity index (χ1) is 8.11. The lowest BCUT2D eigenvalue weighted by Gasteiger charge is -2.27. The third-order valence-electron chi connectivity index (χ3n) is 3.19. The van der Waals surface area contributed by atoms with Crippen LogP contribution in [0.25, 0.3) is 0 Å². The van der Waals surface area contributed by atoms with Crippen LogP contribution in [0.5, 0.6) is 0 Å². The largest absolute Gasteiger partial charge is 0.334 e. The molecule has 1 saturated heterocycles. The van der Waals surface area contributed by atoms with Gasteiger partial charge in [0.1, 0.15) is 0 Å². The van der Waals surface area contributed by atoms with Gasteiger partial charge in [0, 0.05) is 11.6 Å². The summed E-state index contributed by atoms with van der Waals surface area (Å²) < 4.78 is 0. The Bertz CT molecular complexity index is 420. The molecule has 17 heavy (non-hydrogen) atoms. The van der Waals surface area contributed by atoms with Gasteiger partial charge in [0.25, 0.3) is 0 Å². The van der Waals surface area contributed by atoms with E-state index >= 15 is 0 Å². The number of rotatable bonds is 2. The van der Waals surface area contributed by atoms with Crippen LogP contribution in [0.2, 0.25) is 5.02 Å². The number of carbonyl (C=O) groups is 1. The van der Waals surface area contributed by atoms with Gasteiger partial charge in [-0.1, -0.05) is 29.8 Å². The van der Waals surface area contributed by atoms with Gasteiger partial charge in [-0.25, -0.2) is 0 Å². The van der Waals surface area contributed by atoms with Crippen molar-refractivity contribution < 1.29 is 4.79 Å². The number of hydrogen-bond acceptors (Lipinski definition) is 2. The zero-order chi connectivity index (χ0) is 12.4. The normalized spacial score (nSPS) is 21.6. The third-order valence-corrected chi connectivity index (χ3v) is 3.53. The Morgan fingerprint density at radius 1 is 1.53 bits per heavy atom. The van der Waals surface area contributed by atoms with E-state index in [-0.39, 0.29) is 11.9 Å². The highest BCUT2D eigenvalue weighted by molar-refractivity contribution is 6.31. The van der Waals surface area contributed by atoms with Crippen LogP contribution in [-0.2, 0) is 4.79 Å². The minimum absolute atomic E-state index is 0.00687. The predicted molar refractivity (Wildman–Crippen MR) is 68.8 cm³/mol. The van der Waals surface area contributed by atoms with E-state index < -0.39 is 6.04 Å². The first-order valence-electron chi connectivity index (χ1n) is 5.91. The summed E-state index contributed by atoms with van der Waals surface area (Å²) >= 11 is 6.18. The van der Waals surface area contributed by atoms with Gasteiger partial charge in [0.05, 0.1) is 12.1 Å². The van der Waals surface area contributed by atoms with Gasteiger partial charge in [-0.3, -0.25) is 4.79 Å². The van der Waals surface area contributed by atoms with Gasteiger partial charge in [-0.15, -0.1) is 0 Å². The molecule has 0 aromatic heterocycles. The van der Waals surface area contributed by atoms with Gasteiger partial charge in [-0.2, -0.15) is 0 Å². The van der Waals surface area contributed by atoms with Gasteiger partial charge < -0.3 is 10.6 Å². The van der Waals surface area contributed by atoms with Crippen molar-refractivity contribution >= 4 is 17.5 Å². The molecule has 1 fully saturated rings. The summed E-state index contributed by atoms with van der Waals surface area (Å²) in [5.74, 6) is 0.00687. The zero-order valence-corrected chi connectivity index (χ0v) is 10.7. The molecule has 1 heterocycles. The molecule has 4 heteroatoms. The standard InChI is InChI=1S/C13H17ClN2O/c1-9(15)13(17)16-8-4-7-12(16)10-5-2-3-6-11(10)14/h2-3,5-6,9,12H,4,7-8,15H2,1H3/t9-,12-/m1/s1. The molecule has 1 aromatic rings. The summed E-state index contributed by atoms with van der Waals surface area (Å²) in [5.41, 5.74) is 6.70. The lowest BCUT2D eigenvalue weighted by atomic mass is 10.0. The van der Waals surface area contributed by atoms with Crippen LogP contribution < -0.4 is 5.73 Å². The Morgan fingerprint density at radius 3 is 2.88 bits per heavy atom. The second-order valence-corrected chi connectivity index (χ2v) is 4.91. The van der Waals surface area contributed by atoms with Crippen LogP contribution in [0, 0.1) is 0 Å². The minimum atomic E-state index is -0.446. The molecular weight excluding hydrogens is 236 g/mol. The highest BCUT2D eigenvalue weighted by Crippen LogP contribution is 2.35. The smallest absolute Gasteiger partial charge is 0.239 e. The second kappa shape index (κ2) is 5.07. The number of benzene rings is 1. The molecule has 1 aliphatic heterocycles. The Kier molecular flexibility index (Phi) is 3.69. The first-order valence-corrected chi connectivity index (χ1v) is 6.29. The summed E-state index contributed by atoms with van der Waals surface area (Å²) in [7, 11) is 0. The Morgan fingerprint density at radius 2 is 2.24 bits per heavy atom. The van der Waals surface area contributed by atoms with Crippen LogP contribution in [0.15, 0.2) is 24.3 Å². The van der Waals surface area contributed by atoms with Crippen molar-refractivity contribution in [1.82, 2.24) is 4.90 Å². The monoisotopic (exact) mass is 252 g/mol. The van der Waals surface area contributed by atoms with Crippen LogP contribution in [-0.4, -0.2) is 23.4 Å². The lowest BCUT2D eigenvalue weighted by Crippen LogP contribution is -2.41. The summed E-state index contributed by atoms with van der Waals surface area (Å²) in [5, 5.41) is 0.724. The number of likely N-dealkylation sites (tertiary alicyclic amines) is 1. The van der Waals surface area contributed by atoms with Crippen molar-refractivity contribution in [3.63, 3.8) is 0 Å². The molecule has 0 bridgehead atoms. The van der Waals surface area contributed by atoms with E-state index in [2.05, 4.69) is 0 Å². The fourth-order valence-electron chi connectivity index (χ4n) is 2.36. The van der Waals surface area contributed by atoms with Crippen molar-refractivity contribution in [1.29, 1.82) is 0 Å². The molecular formula is C13H17ClN2O. The van der Waals surface area contributed by atoms with Crippen molar-refractivity contribution in [3.8, 4) is 0 Å². The number of nitrogens with zero attached hydrogens (tertiary/aromatic N) is 1. The van der Waals surface area contributed by atoms with Crippen molar-refractivity contribution in [2.45, 2.75) is 31.8 Å². The topological polar surface area (TPSA) is 46.3 Å². The molecule has 0 radical (unpaired) electrons. The van der Waals surface area contributed by atoms with E-state index in [1.54, 1.807) is 6.92 Å². The van der Waals surface area contributed by atoms with Crippen LogP contribution in [0.4, 0.5) is 0 Å². The first kappa shape index (κ1) is 12.4. The van der Waals surface area contributed by atoms with Crippen LogP contribution in [0.1, 0.15) is 31.4 Å². The van der Waals surface area contributed by atoms with Gasteiger partial charge >= 0.3 is 0 Å². The number of amides is 1. The molecule has 1 aliphatic rings. The summed E-state index contributed by atoms with van der Waals surface area (Å²) in [6, 6.07) is 7.34. The molecule has 3 nitrogen and oxygen atoms in total. The van der Waals surface area contributed by atoms with Crippen molar-refractivity contribution in [2.75, 3.05) is 6.54 Å². The van der Waals surface area contributed by atoms with E-state index in [0.717, 1.165) is 30.0 Å². The Balaban J connectivity index is 2.26. The van der Waals surface area contributed by atoms with Crippen molar-refractivity contribution in [3.05, 3.63) is 34.9 Å². The minimum Gasteiger partial charge on any atom is -0.334 e. The van der Waals surface area contributed by atoms with Gasteiger partial charge in [0.2, 0.25) is 5.91 Å². The van der Waals surface area contributed by atoms with Crippen molar-refractivity contribution in [2.24, 2.45) is 5.73 Å². The van der Waals surface area contributed by atoms with E-state index in [1.807, 2.05) is 29.2 Å². The lowest BCUT2D eigenvalue weighted by molar-refractivity contribution is -0.133. The maximum atomic E-state index is 12.0. The maximum absolute atomic E-state index is 12.0. The maximum Gasteiger partial charge on any atom is 0.239 e. The SMILES string of the molecule is C[C@@H](N)C(=O)N1CCC[C@@H]1c1ccccc1Cl. The summed E-state index contributed by atoms with van der Waals surface area (Å²) in [4.78, 5) is 13.9. The average molecular weight is 253 g/mol. The summed E-state index contributed by atoms with van der Waals surface area (Å²) in [6.07, 6.45) is 1.97. The molecule has 0 aliphatic carbocycles. The average Bonchev–Trinajstić information content (AvgIpc) is 2.77. The van der Waals surface area contributed by atoms with Gasteiger partial charge in [-0.05, 0) is 31.4 Å². The number of carbonyl (C=O) groups excluding carboxylic acids is 1. The molecule has 1 amide bonds. The fourth-order valence-corrected chi connectivity index (χ4v) is 2.62. The van der Waals surface area contributed by atoms with Crippen LogP contribution in [0.3, 0.4) is 0 Å². The summed E-state index contributed by atoms with van der Waals surface area (Å²) in [6.45, 7) is 2.50. The molecule has 2 N–H and O–H groups in total. The Labute approximate surface area is 107 Å². The van der Waals surface area contributed by atoms with Crippen LogP contribution >= 0.6 is 11.6 Å². The predicted octanol–water partition coefficient (Wildman–Crippen LogP) is 2.35. The van der Waals surface area contributed by atoms with E-state index in [4.69, 9.17) is 17.3 Å². The highest BCUT2D eigenvalue weighted by atomic mass is 35.5. The molecule has 2 atom stereocenters. The molecule has 92 valence electrons. The number of hydrogen-bond donors (Lipinski definition) is 1. The number of nitrogens with two attached hydrogens (primary N) is 1. The quantitative estimate of drug-likeness (QED) is 0.878. The van der Waals surface area contributed by atoms with E-state index in [0.29, 0.717) is 0 Å². The number of halogens is 1. The zero-order valence-electron chi connectivity index (χ0n) is 9.90. The van der Waals surface area contributed by atoms with E-state index in [9.17, 15) is 4.79 Å². The molecule has 0 spiro atoms. The Hall–Kier alpha value is -1.06. The van der Waals surface area contributed by atoms with E-state index in [1.165, 1.54) is 0 Å². The second-order valence-electron chi connectivity index (χ2n) is 4.50. The molecule has 1 aromatic carbocycles. The highest BCUT2D eigenvalue weighted by Gasteiger charge is 2.32. The molecule has 2 rings (SSSR count). The third kappa shape index (κ3) is 2.45. The fraction of sp³-hybridized carbons (Fsp3) is 0.462.